The molecule has 19 heavy (non-hydrogen) atoms. The van der Waals surface area contributed by atoms with Crippen LogP contribution in [-0.4, -0.2) is 16.1 Å². The SMILES string of the molecule is Cc1nn(C)c(COc2ccc(C=O)cc2F)c1Br. The zero-order chi connectivity index (χ0) is 14.0. The van der Waals surface area contributed by atoms with Crippen molar-refractivity contribution in [2.45, 2.75) is 13.5 Å². The van der Waals surface area contributed by atoms with Crippen molar-refractivity contribution in [2.24, 2.45) is 7.05 Å². The first-order valence-electron chi connectivity index (χ1n) is 5.58. The van der Waals surface area contributed by atoms with E-state index in [2.05, 4.69) is 21.0 Å². The maximum absolute atomic E-state index is 13.6. The van der Waals surface area contributed by atoms with Gasteiger partial charge in [-0.1, -0.05) is 0 Å². The van der Waals surface area contributed by atoms with Crippen LogP contribution in [0.1, 0.15) is 21.7 Å². The fraction of sp³-hybridized carbons (Fsp3) is 0.231. The molecule has 0 aliphatic rings. The maximum atomic E-state index is 13.6. The van der Waals surface area contributed by atoms with Gasteiger partial charge in [0.15, 0.2) is 11.6 Å². The van der Waals surface area contributed by atoms with Crippen molar-refractivity contribution in [1.29, 1.82) is 0 Å². The van der Waals surface area contributed by atoms with Crippen LogP contribution < -0.4 is 4.74 Å². The summed E-state index contributed by atoms with van der Waals surface area (Å²) in [5.41, 5.74) is 1.94. The minimum absolute atomic E-state index is 0.108. The van der Waals surface area contributed by atoms with Crippen molar-refractivity contribution < 1.29 is 13.9 Å². The Labute approximate surface area is 118 Å². The molecule has 100 valence electrons. The molecule has 0 saturated carbocycles. The molecule has 0 bridgehead atoms. The van der Waals surface area contributed by atoms with Gasteiger partial charge in [-0.25, -0.2) is 4.39 Å². The molecule has 0 unspecified atom stereocenters. The molecule has 1 aromatic heterocycles. The number of aryl methyl sites for hydroxylation is 2. The summed E-state index contributed by atoms with van der Waals surface area (Å²) < 4.78 is 21.6. The van der Waals surface area contributed by atoms with Gasteiger partial charge in [0.25, 0.3) is 0 Å². The summed E-state index contributed by atoms with van der Waals surface area (Å²) in [6.45, 7) is 2.06. The Morgan fingerprint density at radius 2 is 2.26 bits per heavy atom. The van der Waals surface area contributed by atoms with Crippen molar-refractivity contribution in [1.82, 2.24) is 9.78 Å². The average Bonchev–Trinajstić information content (AvgIpc) is 2.62. The minimum atomic E-state index is -0.556. The highest BCUT2D eigenvalue weighted by molar-refractivity contribution is 9.10. The van der Waals surface area contributed by atoms with Gasteiger partial charge in [0.2, 0.25) is 0 Å². The largest absolute Gasteiger partial charge is 0.484 e. The van der Waals surface area contributed by atoms with Crippen LogP contribution in [0, 0.1) is 12.7 Å². The molecule has 2 rings (SSSR count). The zero-order valence-electron chi connectivity index (χ0n) is 10.5. The molecule has 0 aliphatic carbocycles. The van der Waals surface area contributed by atoms with Crippen molar-refractivity contribution in [3.8, 4) is 5.75 Å². The zero-order valence-corrected chi connectivity index (χ0v) is 12.1. The summed E-state index contributed by atoms with van der Waals surface area (Å²) in [6.07, 6.45) is 0.591. The minimum Gasteiger partial charge on any atom is -0.484 e. The number of aromatic nitrogens is 2. The first-order valence-corrected chi connectivity index (χ1v) is 6.37. The molecule has 2 aromatic rings. The molecule has 0 radical (unpaired) electrons. The first kappa shape index (κ1) is 13.7. The van der Waals surface area contributed by atoms with E-state index in [0.29, 0.717) is 6.29 Å². The van der Waals surface area contributed by atoms with E-state index in [4.69, 9.17) is 4.74 Å². The lowest BCUT2D eigenvalue weighted by Crippen LogP contribution is -2.04. The number of ether oxygens (including phenoxy) is 1. The first-order chi connectivity index (χ1) is 9.02. The number of hydrogen-bond acceptors (Lipinski definition) is 3. The van der Waals surface area contributed by atoms with Gasteiger partial charge < -0.3 is 4.74 Å². The van der Waals surface area contributed by atoms with E-state index in [1.165, 1.54) is 12.1 Å². The second kappa shape index (κ2) is 5.52. The highest BCUT2D eigenvalue weighted by Crippen LogP contribution is 2.23. The van der Waals surface area contributed by atoms with E-state index in [-0.39, 0.29) is 17.9 Å². The fourth-order valence-corrected chi connectivity index (χ4v) is 2.14. The molecule has 1 heterocycles. The van der Waals surface area contributed by atoms with E-state index in [1.807, 2.05) is 6.92 Å². The fourth-order valence-electron chi connectivity index (χ4n) is 1.69. The van der Waals surface area contributed by atoms with Gasteiger partial charge in [-0.2, -0.15) is 5.10 Å². The molecule has 0 fully saturated rings. The van der Waals surface area contributed by atoms with Gasteiger partial charge in [0, 0.05) is 12.6 Å². The maximum Gasteiger partial charge on any atom is 0.165 e. The number of hydrogen-bond donors (Lipinski definition) is 0. The van der Waals surface area contributed by atoms with Gasteiger partial charge in [0.1, 0.15) is 12.9 Å². The second-order valence-electron chi connectivity index (χ2n) is 4.07. The number of carbonyl (C=O) groups excluding carboxylic acids is 1. The molecule has 0 aliphatic heterocycles. The van der Waals surface area contributed by atoms with E-state index in [0.717, 1.165) is 21.9 Å². The van der Waals surface area contributed by atoms with Gasteiger partial charge >= 0.3 is 0 Å². The quantitative estimate of drug-likeness (QED) is 0.811. The van der Waals surface area contributed by atoms with Gasteiger partial charge in [-0.3, -0.25) is 9.48 Å². The molecule has 6 heteroatoms. The summed E-state index contributed by atoms with van der Waals surface area (Å²) in [5, 5.41) is 4.22. The summed E-state index contributed by atoms with van der Waals surface area (Å²) in [5.74, 6) is -0.448. The number of nitrogens with zero attached hydrogens (tertiary/aromatic N) is 2. The van der Waals surface area contributed by atoms with E-state index < -0.39 is 5.82 Å². The standard InChI is InChI=1S/C13H12BrFN2O2/c1-8-13(14)11(17(2)16-8)7-19-12-4-3-9(6-18)5-10(12)15/h3-6H,7H2,1-2H3. The van der Waals surface area contributed by atoms with Crippen LogP contribution in [-0.2, 0) is 13.7 Å². The third-order valence-corrected chi connectivity index (χ3v) is 3.75. The molecule has 0 amide bonds. The summed E-state index contributed by atoms with van der Waals surface area (Å²) in [6, 6.07) is 4.09. The predicted molar refractivity (Wildman–Crippen MR) is 71.8 cm³/mol. The number of benzene rings is 1. The van der Waals surface area contributed by atoms with Gasteiger partial charge in [-0.15, -0.1) is 0 Å². The van der Waals surface area contributed by atoms with E-state index in [1.54, 1.807) is 11.7 Å². The molecule has 0 N–H and O–H groups in total. The third kappa shape index (κ3) is 2.84. The van der Waals surface area contributed by atoms with E-state index >= 15 is 0 Å². The van der Waals surface area contributed by atoms with Gasteiger partial charge in [-0.05, 0) is 41.1 Å². The Hall–Kier alpha value is -1.69. The monoisotopic (exact) mass is 326 g/mol. The molecular formula is C13H12BrFN2O2. The average molecular weight is 327 g/mol. The van der Waals surface area contributed by atoms with Crippen LogP contribution in [0.3, 0.4) is 0 Å². The Bertz CT molecular complexity index is 625. The smallest absolute Gasteiger partial charge is 0.165 e. The number of carbonyl (C=O) groups is 1. The number of aldehydes is 1. The Morgan fingerprint density at radius 1 is 1.53 bits per heavy atom. The van der Waals surface area contributed by atoms with E-state index in [9.17, 15) is 9.18 Å². The van der Waals surface area contributed by atoms with Crippen LogP contribution in [0.15, 0.2) is 22.7 Å². The van der Waals surface area contributed by atoms with Crippen LogP contribution in [0.2, 0.25) is 0 Å². The Kier molecular flexibility index (Phi) is 3.99. The normalized spacial score (nSPS) is 10.5. The van der Waals surface area contributed by atoms with Crippen molar-refractivity contribution >= 4 is 22.2 Å². The summed E-state index contributed by atoms with van der Waals surface area (Å²) >= 11 is 3.41. The predicted octanol–water partition coefficient (Wildman–Crippen LogP) is 3.02. The van der Waals surface area contributed by atoms with Crippen LogP contribution in [0.25, 0.3) is 0 Å². The van der Waals surface area contributed by atoms with Crippen LogP contribution >= 0.6 is 15.9 Å². The van der Waals surface area contributed by atoms with Crippen LogP contribution in [0.4, 0.5) is 4.39 Å². The molecule has 0 saturated heterocycles. The number of halogens is 2. The van der Waals surface area contributed by atoms with Crippen molar-refractivity contribution in [3.63, 3.8) is 0 Å². The lowest BCUT2D eigenvalue weighted by molar-refractivity contribution is 0.112. The highest BCUT2D eigenvalue weighted by Gasteiger charge is 2.12. The summed E-state index contributed by atoms with van der Waals surface area (Å²) in [4.78, 5) is 10.5. The third-order valence-electron chi connectivity index (χ3n) is 2.72. The molecule has 1 aromatic carbocycles. The molecule has 4 nitrogen and oxygen atoms in total. The Balaban J connectivity index is 2.16. The number of rotatable bonds is 4. The topological polar surface area (TPSA) is 44.1 Å². The van der Waals surface area contributed by atoms with Crippen molar-refractivity contribution in [2.75, 3.05) is 0 Å². The second-order valence-corrected chi connectivity index (χ2v) is 4.86. The van der Waals surface area contributed by atoms with Crippen molar-refractivity contribution in [3.05, 3.63) is 45.4 Å². The molecule has 0 atom stereocenters. The van der Waals surface area contributed by atoms with Crippen LogP contribution in [0.5, 0.6) is 5.75 Å². The highest BCUT2D eigenvalue weighted by atomic mass is 79.9. The lowest BCUT2D eigenvalue weighted by atomic mass is 10.2. The Morgan fingerprint density at radius 3 is 2.79 bits per heavy atom. The molecular weight excluding hydrogens is 315 g/mol. The lowest BCUT2D eigenvalue weighted by Gasteiger charge is -2.08. The molecule has 0 spiro atoms. The summed E-state index contributed by atoms with van der Waals surface area (Å²) in [7, 11) is 1.79. The van der Waals surface area contributed by atoms with Gasteiger partial charge in [0.05, 0.1) is 15.9 Å².